The highest BCUT2D eigenvalue weighted by atomic mass is 16.3. The summed E-state index contributed by atoms with van der Waals surface area (Å²) in [6.45, 7) is 0.240. The molecule has 5 amide bonds. The number of phenols is 1. The van der Waals surface area contributed by atoms with E-state index >= 15 is 0 Å². The number of nitrogens with two attached hydrogens (primary N) is 2. The van der Waals surface area contributed by atoms with Crippen LogP contribution in [0.2, 0.25) is 0 Å². The van der Waals surface area contributed by atoms with Gasteiger partial charge >= 0.3 is 0 Å². The van der Waals surface area contributed by atoms with Crippen LogP contribution >= 0.6 is 0 Å². The van der Waals surface area contributed by atoms with Crippen molar-refractivity contribution in [3.8, 4) is 5.75 Å². The second kappa shape index (κ2) is 13.5. The Morgan fingerprint density at radius 3 is 2.45 bits per heavy atom. The third kappa shape index (κ3) is 7.64. The molecular weight excluding hydrogens is 540 g/mol. The molecule has 4 atom stereocenters. The van der Waals surface area contributed by atoms with Crippen LogP contribution in [0.4, 0.5) is 0 Å². The van der Waals surface area contributed by atoms with Crippen LogP contribution in [0.1, 0.15) is 48.8 Å². The van der Waals surface area contributed by atoms with Crippen molar-refractivity contribution in [3.63, 3.8) is 0 Å². The summed E-state index contributed by atoms with van der Waals surface area (Å²) in [6, 6.07) is 10.8. The van der Waals surface area contributed by atoms with Crippen LogP contribution in [-0.4, -0.2) is 64.9 Å². The summed E-state index contributed by atoms with van der Waals surface area (Å²) in [5.74, 6) is -2.74. The fraction of sp³-hybridized carbons (Fsp3) is 0.433. The summed E-state index contributed by atoms with van der Waals surface area (Å²) in [6.07, 6.45) is 1.65. The molecule has 1 unspecified atom stereocenters. The van der Waals surface area contributed by atoms with E-state index in [1.807, 2.05) is 24.3 Å². The minimum atomic E-state index is -1.41. The fourth-order valence-electron chi connectivity index (χ4n) is 5.42. The van der Waals surface area contributed by atoms with Crippen LogP contribution in [0.5, 0.6) is 5.75 Å². The first kappa shape index (κ1) is 30.5. The van der Waals surface area contributed by atoms with Crippen molar-refractivity contribution in [3.05, 3.63) is 65.2 Å². The largest absolute Gasteiger partial charge is 0.508 e. The maximum Gasteiger partial charge on any atom is 0.246 e. The highest BCUT2D eigenvalue weighted by molar-refractivity contribution is 5.97. The van der Waals surface area contributed by atoms with E-state index in [4.69, 9.17) is 11.5 Å². The number of aromatic hydroxyl groups is 1. The van der Waals surface area contributed by atoms with Gasteiger partial charge in [-0.15, -0.1) is 0 Å². The molecule has 2 aliphatic rings. The van der Waals surface area contributed by atoms with E-state index in [-0.39, 0.29) is 56.7 Å². The normalized spacial score (nSPS) is 24.3. The third-order valence-electron chi connectivity index (χ3n) is 7.89. The number of carbonyl (C=O) groups is 5. The van der Waals surface area contributed by atoms with Crippen molar-refractivity contribution in [2.45, 2.75) is 75.0 Å². The maximum absolute atomic E-state index is 13.8. The second-order valence-corrected chi connectivity index (χ2v) is 11.0. The van der Waals surface area contributed by atoms with Gasteiger partial charge in [-0.05, 0) is 67.3 Å². The van der Waals surface area contributed by atoms with Gasteiger partial charge in [0.1, 0.15) is 23.4 Å². The zero-order valence-electron chi connectivity index (χ0n) is 23.4. The van der Waals surface area contributed by atoms with Gasteiger partial charge in [-0.2, -0.15) is 0 Å². The molecule has 2 aromatic carbocycles. The van der Waals surface area contributed by atoms with Gasteiger partial charge in [0.05, 0.1) is 6.04 Å². The summed E-state index contributed by atoms with van der Waals surface area (Å²) >= 11 is 0. The number of nitrogens with one attached hydrogen (secondary N) is 4. The Balaban J connectivity index is 1.59. The molecule has 1 heterocycles. The molecule has 2 aromatic rings. The molecule has 1 saturated heterocycles. The van der Waals surface area contributed by atoms with E-state index in [1.54, 1.807) is 12.1 Å². The molecule has 1 aliphatic heterocycles. The van der Waals surface area contributed by atoms with E-state index in [0.717, 1.165) is 16.7 Å². The van der Waals surface area contributed by atoms with E-state index in [1.165, 1.54) is 12.1 Å². The first-order chi connectivity index (χ1) is 20.1. The van der Waals surface area contributed by atoms with E-state index in [2.05, 4.69) is 21.3 Å². The summed E-state index contributed by atoms with van der Waals surface area (Å²) in [4.78, 5) is 65.3. The summed E-state index contributed by atoms with van der Waals surface area (Å²) in [7, 11) is 0. The monoisotopic (exact) mass is 578 g/mol. The molecule has 224 valence electrons. The fourth-order valence-corrected chi connectivity index (χ4v) is 5.42. The smallest absolute Gasteiger partial charge is 0.246 e. The number of fused-ring (bicyclic) bond motifs is 1. The van der Waals surface area contributed by atoms with E-state index in [9.17, 15) is 29.1 Å². The lowest BCUT2D eigenvalue weighted by Crippen LogP contribution is -2.66. The first-order valence-corrected chi connectivity index (χ1v) is 14.2. The van der Waals surface area contributed by atoms with Gasteiger partial charge in [-0.1, -0.05) is 36.4 Å². The van der Waals surface area contributed by atoms with Crippen molar-refractivity contribution in [1.82, 2.24) is 21.3 Å². The molecule has 0 saturated carbocycles. The van der Waals surface area contributed by atoms with Gasteiger partial charge in [-0.3, -0.25) is 24.0 Å². The molecule has 9 N–H and O–H groups in total. The highest BCUT2D eigenvalue weighted by Crippen LogP contribution is 2.30. The second-order valence-electron chi connectivity index (χ2n) is 11.0. The van der Waals surface area contributed by atoms with Gasteiger partial charge in [-0.25, -0.2) is 0 Å². The number of hydrogen-bond acceptors (Lipinski definition) is 7. The van der Waals surface area contributed by atoms with Crippen molar-refractivity contribution >= 4 is 29.5 Å². The average Bonchev–Trinajstić information content (AvgIpc) is 2.96. The van der Waals surface area contributed by atoms with Crippen LogP contribution in [0, 0.1) is 0 Å². The number of aryl methyl sites for hydroxylation is 1. The minimum absolute atomic E-state index is 0.0190. The Kier molecular flexibility index (Phi) is 9.79. The molecule has 42 heavy (non-hydrogen) atoms. The number of hydrogen-bond donors (Lipinski definition) is 7. The van der Waals surface area contributed by atoms with Crippen LogP contribution in [0.3, 0.4) is 0 Å². The molecule has 4 rings (SSSR count). The molecule has 0 aromatic heterocycles. The van der Waals surface area contributed by atoms with Gasteiger partial charge in [0.2, 0.25) is 29.5 Å². The Morgan fingerprint density at radius 1 is 1.02 bits per heavy atom. The molecular formula is C30H38N6O6. The maximum atomic E-state index is 13.8. The SMILES string of the molecule is NC(=O)[C@H]1CCC(=O)NCCC[C@H](NC(=O)[C@@H](N)Cc2ccc(O)cc2)C(=O)NC2(CCc3ccccc3C2)C(=O)N1. The van der Waals surface area contributed by atoms with Crippen molar-refractivity contribution < 1.29 is 29.1 Å². The number of phenolic OH excluding ortho intramolecular Hbond substituents is 1. The molecule has 0 radical (unpaired) electrons. The van der Waals surface area contributed by atoms with E-state index in [0.29, 0.717) is 12.8 Å². The predicted molar refractivity (Wildman–Crippen MR) is 154 cm³/mol. The Labute approximate surface area is 244 Å². The molecule has 12 nitrogen and oxygen atoms in total. The Morgan fingerprint density at radius 2 is 1.74 bits per heavy atom. The molecule has 12 heteroatoms. The van der Waals surface area contributed by atoms with Gasteiger partial charge in [0.15, 0.2) is 0 Å². The summed E-state index contributed by atoms with van der Waals surface area (Å²) < 4.78 is 0. The quantitative estimate of drug-likeness (QED) is 0.246. The topological polar surface area (TPSA) is 206 Å². The van der Waals surface area contributed by atoms with Gasteiger partial charge in [0, 0.05) is 19.4 Å². The lowest BCUT2D eigenvalue weighted by Gasteiger charge is -2.39. The first-order valence-electron chi connectivity index (χ1n) is 14.2. The zero-order chi connectivity index (χ0) is 30.3. The predicted octanol–water partition coefficient (Wildman–Crippen LogP) is -0.549. The number of rotatable bonds is 5. The number of amides is 5. The number of benzene rings is 2. The molecule has 0 bridgehead atoms. The van der Waals surface area contributed by atoms with Crippen molar-refractivity contribution in [2.75, 3.05) is 6.54 Å². The average molecular weight is 579 g/mol. The summed E-state index contributed by atoms with van der Waals surface area (Å²) in [5, 5.41) is 20.6. The van der Waals surface area contributed by atoms with Gasteiger partial charge in [0.25, 0.3) is 0 Å². The zero-order valence-corrected chi connectivity index (χ0v) is 23.4. The third-order valence-corrected chi connectivity index (χ3v) is 7.89. The van der Waals surface area contributed by atoms with Crippen LogP contribution in [0.15, 0.2) is 48.5 Å². The van der Waals surface area contributed by atoms with Crippen molar-refractivity contribution in [1.29, 1.82) is 0 Å². The van der Waals surface area contributed by atoms with Crippen LogP contribution < -0.4 is 32.7 Å². The van der Waals surface area contributed by atoms with Crippen LogP contribution in [-0.2, 0) is 43.2 Å². The van der Waals surface area contributed by atoms with Crippen molar-refractivity contribution in [2.24, 2.45) is 11.5 Å². The lowest BCUT2D eigenvalue weighted by atomic mass is 9.76. The minimum Gasteiger partial charge on any atom is -0.508 e. The molecule has 1 spiro atoms. The highest BCUT2D eigenvalue weighted by Gasteiger charge is 2.45. The number of carbonyl (C=O) groups excluding carboxylic acids is 5. The lowest BCUT2D eigenvalue weighted by molar-refractivity contribution is -0.138. The Bertz CT molecular complexity index is 1330. The molecule has 1 aliphatic carbocycles. The van der Waals surface area contributed by atoms with Crippen LogP contribution in [0.25, 0.3) is 0 Å². The summed E-state index contributed by atoms with van der Waals surface area (Å²) in [5.41, 5.74) is 13.0. The number of primary amides is 1. The Hall–Kier alpha value is -4.45. The van der Waals surface area contributed by atoms with E-state index < -0.39 is 47.3 Å². The standard InChI is InChI=1S/C30H38N6O6/c31-22(16-18-7-9-21(37)10-8-18)27(40)34-24-6-3-15-33-25(38)12-11-23(26(32)39)35-29(42)30(36-28(24)41)14-13-19-4-1-2-5-20(19)17-30/h1-2,4-5,7-10,22-24,37H,3,6,11-17,31H2,(H2,32,39)(H,33,38)(H,34,40)(H,35,42)(H,36,41)/t22-,23+,24-,30?/m0/s1. The van der Waals surface area contributed by atoms with Gasteiger partial charge < -0.3 is 37.8 Å². The molecule has 1 fully saturated rings.